The molecule has 0 amide bonds. The van der Waals surface area contributed by atoms with Crippen LogP contribution in [0.2, 0.25) is 0 Å². The molecule has 2 aromatic carbocycles. The van der Waals surface area contributed by atoms with Crippen molar-refractivity contribution in [1.29, 1.82) is 0 Å². The highest BCUT2D eigenvalue weighted by atomic mass is 79.9. The van der Waals surface area contributed by atoms with Crippen molar-refractivity contribution in [2.45, 2.75) is 13.5 Å². The fraction of sp³-hybridized carbons (Fsp3) is 0.105. The maximum absolute atomic E-state index is 5.83. The van der Waals surface area contributed by atoms with E-state index in [1.165, 1.54) is 11.1 Å². The van der Waals surface area contributed by atoms with E-state index >= 15 is 0 Å². The molecular weight excluding hydrogens is 352 g/mol. The molecule has 0 fully saturated rings. The van der Waals surface area contributed by atoms with Crippen LogP contribution in [0.5, 0.6) is 11.5 Å². The molecule has 3 rings (SSSR count). The second-order valence-electron chi connectivity index (χ2n) is 5.23. The highest BCUT2D eigenvalue weighted by molar-refractivity contribution is 9.10. The Hall–Kier alpha value is -2.33. The quantitative estimate of drug-likeness (QED) is 0.590. The lowest BCUT2D eigenvalue weighted by Gasteiger charge is -2.07. The molecule has 1 aromatic heterocycles. The summed E-state index contributed by atoms with van der Waals surface area (Å²) >= 11 is 3.42. The van der Waals surface area contributed by atoms with Gasteiger partial charge in [-0.1, -0.05) is 34.1 Å². The average molecular weight is 369 g/mol. The second-order valence-corrected chi connectivity index (χ2v) is 6.14. The van der Waals surface area contributed by atoms with Crippen LogP contribution in [-0.4, -0.2) is 9.55 Å². The zero-order valence-electron chi connectivity index (χ0n) is 12.8. The van der Waals surface area contributed by atoms with Gasteiger partial charge in [-0.15, -0.1) is 0 Å². The predicted octanol–water partition coefficient (Wildman–Crippen LogP) is 5.54. The topological polar surface area (TPSA) is 27.1 Å². The van der Waals surface area contributed by atoms with Crippen LogP contribution in [0.1, 0.15) is 12.5 Å². The van der Waals surface area contributed by atoms with E-state index in [1.54, 1.807) is 6.20 Å². The van der Waals surface area contributed by atoms with Gasteiger partial charge in [-0.25, -0.2) is 4.98 Å². The average Bonchev–Trinajstić information content (AvgIpc) is 3.09. The third-order valence-electron chi connectivity index (χ3n) is 3.53. The normalized spacial score (nSPS) is 11.5. The van der Waals surface area contributed by atoms with Crippen molar-refractivity contribution < 1.29 is 4.74 Å². The summed E-state index contributed by atoms with van der Waals surface area (Å²) in [5.74, 6) is 1.66. The Kier molecular flexibility index (Phi) is 4.93. The number of rotatable bonds is 5. The maximum Gasteiger partial charge on any atom is 0.127 e. The highest BCUT2D eigenvalue weighted by Crippen LogP contribution is 2.25. The molecule has 0 unspecified atom stereocenters. The second kappa shape index (κ2) is 7.29. The van der Waals surface area contributed by atoms with Crippen LogP contribution in [0.4, 0.5) is 0 Å². The van der Waals surface area contributed by atoms with Crippen molar-refractivity contribution in [3.63, 3.8) is 0 Å². The monoisotopic (exact) mass is 368 g/mol. The van der Waals surface area contributed by atoms with Gasteiger partial charge in [-0.2, -0.15) is 0 Å². The van der Waals surface area contributed by atoms with Crippen molar-refractivity contribution in [2.75, 3.05) is 0 Å². The molecule has 0 radical (unpaired) electrons. The SMILES string of the molecule is CC(=CCn1ccnc1)c1ccc(Oc2ccc(Br)cc2)cc1. The number of imidazole rings is 1. The molecule has 0 saturated heterocycles. The molecule has 0 aliphatic carbocycles. The summed E-state index contributed by atoms with van der Waals surface area (Å²) in [6.07, 6.45) is 7.75. The predicted molar refractivity (Wildman–Crippen MR) is 96.5 cm³/mol. The van der Waals surface area contributed by atoms with Crippen LogP contribution in [-0.2, 0) is 6.54 Å². The van der Waals surface area contributed by atoms with E-state index in [9.17, 15) is 0 Å². The summed E-state index contributed by atoms with van der Waals surface area (Å²) in [5.41, 5.74) is 2.42. The first-order chi connectivity index (χ1) is 11.2. The van der Waals surface area contributed by atoms with Crippen LogP contribution in [0.3, 0.4) is 0 Å². The number of allylic oxidation sites excluding steroid dienone is 2. The number of hydrogen-bond acceptors (Lipinski definition) is 2. The van der Waals surface area contributed by atoms with Crippen molar-refractivity contribution in [2.24, 2.45) is 0 Å². The standard InChI is InChI=1S/C19H17BrN2O/c1-15(10-12-22-13-11-21-14-22)16-2-6-18(7-3-16)23-19-8-4-17(20)5-9-19/h2-11,13-14H,12H2,1H3. The van der Waals surface area contributed by atoms with E-state index in [0.29, 0.717) is 0 Å². The summed E-state index contributed by atoms with van der Waals surface area (Å²) in [4.78, 5) is 4.04. The Labute approximate surface area is 144 Å². The van der Waals surface area contributed by atoms with Gasteiger partial charge < -0.3 is 9.30 Å². The molecule has 0 atom stereocenters. The van der Waals surface area contributed by atoms with Gasteiger partial charge in [-0.05, 0) is 54.5 Å². The number of benzene rings is 2. The van der Waals surface area contributed by atoms with Crippen LogP contribution >= 0.6 is 15.9 Å². The maximum atomic E-state index is 5.83. The molecule has 3 aromatic rings. The zero-order chi connectivity index (χ0) is 16.1. The molecule has 0 aliphatic heterocycles. The lowest BCUT2D eigenvalue weighted by Crippen LogP contribution is -1.91. The molecule has 1 heterocycles. The van der Waals surface area contributed by atoms with E-state index in [-0.39, 0.29) is 0 Å². The zero-order valence-corrected chi connectivity index (χ0v) is 14.4. The van der Waals surface area contributed by atoms with E-state index < -0.39 is 0 Å². The Morgan fingerprint density at radius 1 is 1.09 bits per heavy atom. The molecule has 4 heteroatoms. The van der Waals surface area contributed by atoms with Gasteiger partial charge in [0, 0.05) is 23.4 Å². The van der Waals surface area contributed by atoms with Crippen LogP contribution in [0.15, 0.2) is 77.8 Å². The molecule has 116 valence electrons. The van der Waals surface area contributed by atoms with Gasteiger partial charge in [-0.3, -0.25) is 0 Å². The summed E-state index contributed by atoms with van der Waals surface area (Å²) in [7, 11) is 0. The number of hydrogen-bond donors (Lipinski definition) is 0. The van der Waals surface area contributed by atoms with Crippen molar-refractivity contribution in [3.05, 3.63) is 83.4 Å². The Morgan fingerprint density at radius 2 is 1.74 bits per heavy atom. The molecule has 0 spiro atoms. The smallest absolute Gasteiger partial charge is 0.127 e. The van der Waals surface area contributed by atoms with E-state index in [1.807, 2.05) is 53.5 Å². The van der Waals surface area contributed by atoms with Crippen molar-refractivity contribution >= 4 is 21.5 Å². The first kappa shape index (κ1) is 15.6. The summed E-state index contributed by atoms with van der Waals surface area (Å²) in [6, 6.07) is 15.9. The Bertz CT molecular complexity index is 775. The van der Waals surface area contributed by atoms with Crippen LogP contribution in [0, 0.1) is 0 Å². The van der Waals surface area contributed by atoms with Gasteiger partial charge in [0.2, 0.25) is 0 Å². The largest absolute Gasteiger partial charge is 0.457 e. The first-order valence-electron chi connectivity index (χ1n) is 7.37. The summed E-state index contributed by atoms with van der Waals surface area (Å²) in [6.45, 7) is 2.94. The third kappa shape index (κ3) is 4.33. The van der Waals surface area contributed by atoms with E-state index in [0.717, 1.165) is 22.5 Å². The minimum atomic E-state index is 0.822. The van der Waals surface area contributed by atoms with Crippen molar-refractivity contribution in [3.8, 4) is 11.5 Å². The molecule has 0 bridgehead atoms. The summed E-state index contributed by atoms with van der Waals surface area (Å²) in [5, 5.41) is 0. The number of nitrogens with zero attached hydrogens (tertiary/aromatic N) is 2. The van der Waals surface area contributed by atoms with E-state index in [4.69, 9.17) is 4.74 Å². The highest BCUT2D eigenvalue weighted by Gasteiger charge is 2.00. The third-order valence-corrected chi connectivity index (χ3v) is 4.06. The number of halogens is 1. The van der Waals surface area contributed by atoms with Gasteiger partial charge in [0.15, 0.2) is 0 Å². The Morgan fingerprint density at radius 3 is 2.35 bits per heavy atom. The molecule has 3 nitrogen and oxygen atoms in total. The minimum absolute atomic E-state index is 0.822. The number of ether oxygens (including phenoxy) is 1. The fourth-order valence-electron chi connectivity index (χ4n) is 2.18. The lowest BCUT2D eigenvalue weighted by atomic mass is 10.1. The van der Waals surface area contributed by atoms with Crippen LogP contribution in [0.25, 0.3) is 5.57 Å². The van der Waals surface area contributed by atoms with Gasteiger partial charge in [0.05, 0.1) is 6.33 Å². The lowest BCUT2D eigenvalue weighted by molar-refractivity contribution is 0.482. The molecule has 0 saturated carbocycles. The van der Waals surface area contributed by atoms with Crippen LogP contribution < -0.4 is 4.74 Å². The number of aromatic nitrogens is 2. The first-order valence-corrected chi connectivity index (χ1v) is 8.16. The fourth-order valence-corrected chi connectivity index (χ4v) is 2.44. The molecule has 23 heavy (non-hydrogen) atoms. The minimum Gasteiger partial charge on any atom is -0.457 e. The van der Waals surface area contributed by atoms with Gasteiger partial charge in [0.25, 0.3) is 0 Å². The Balaban J connectivity index is 1.66. The summed E-state index contributed by atoms with van der Waals surface area (Å²) < 4.78 is 8.91. The van der Waals surface area contributed by atoms with Gasteiger partial charge in [0.1, 0.15) is 11.5 Å². The molecule has 0 aliphatic rings. The molecule has 0 N–H and O–H groups in total. The van der Waals surface area contributed by atoms with E-state index in [2.05, 4.69) is 46.0 Å². The van der Waals surface area contributed by atoms with Crippen molar-refractivity contribution in [1.82, 2.24) is 9.55 Å². The molecular formula is C19H17BrN2O. The van der Waals surface area contributed by atoms with Gasteiger partial charge >= 0.3 is 0 Å².